The van der Waals surface area contributed by atoms with Crippen LogP contribution in [-0.2, 0) is 14.9 Å². The Labute approximate surface area is 164 Å². The lowest BCUT2D eigenvalue weighted by Crippen LogP contribution is -2.81. The van der Waals surface area contributed by atoms with Crippen LogP contribution in [0.1, 0.15) is 55.8 Å². The number of methoxy groups -OCH3 is 1. The van der Waals surface area contributed by atoms with Crippen LogP contribution in [0.2, 0.25) is 0 Å². The summed E-state index contributed by atoms with van der Waals surface area (Å²) in [6.07, 6.45) is 3.96. The third kappa shape index (κ3) is 1.91. The Kier molecular flexibility index (Phi) is 3.26. The Morgan fingerprint density at radius 3 is 2.82 bits per heavy atom. The number of aliphatic hydroxyl groups excluding tert-OH is 1. The molecule has 28 heavy (non-hydrogen) atoms. The summed E-state index contributed by atoms with van der Waals surface area (Å²) in [5, 5.41) is 22.6. The molecule has 3 heterocycles. The fourth-order valence-corrected chi connectivity index (χ4v) is 6.77. The number of likely N-dealkylation sites (tertiary alicyclic amines) is 1. The van der Waals surface area contributed by atoms with Crippen LogP contribution in [0.5, 0.6) is 5.75 Å². The molecule has 1 aromatic rings. The third-order valence-corrected chi connectivity index (χ3v) is 8.25. The largest absolute Gasteiger partial charge is 0.497 e. The number of benzene rings is 1. The molecule has 3 aliphatic carbocycles. The number of fused-ring (bicyclic) bond motifs is 3. The van der Waals surface area contributed by atoms with Gasteiger partial charge in [-0.1, -0.05) is 6.07 Å². The first-order valence-corrected chi connectivity index (χ1v) is 10.5. The number of rotatable bonds is 3. The second kappa shape index (κ2) is 5.29. The second-order valence-corrected chi connectivity index (χ2v) is 9.60. The van der Waals surface area contributed by atoms with Crippen LogP contribution in [-0.4, -0.2) is 58.5 Å². The van der Waals surface area contributed by atoms with E-state index in [4.69, 9.17) is 9.47 Å². The zero-order valence-electron chi connectivity index (χ0n) is 16.2. The first-order valence-electron chi connectivity index (χ1n) is 10.5. The normalized spacial score (nSPS) is 43.9. The molecule has 6 aliphatic rings. The minimum absolute atomic E-state index is 0.253. The molecule has 1 spiro atoms. The molecule has 3 saturated heterocycles. The van der Waals surface area contributed by atoms with Gasteiger partial charge in [-0.3, -0.25) is 4.90 Å². The number of hydrogen-bond donors (Lipinski definition) is 2. The van der Waals surface area contributed by atoms with Crippen molar-refractivity contribution in [1.29, 1.82) is 0 Å². The Morgan fingerprint density at radius 2 is 2.11 bits per heavy atom. The van der Waals surface area contributed by atoms with Gasteiger partial charge in [-0.05, 0) is 67.8 Å². The lowest BCUT2D eigenvalue weighted by Gasteiger charge is -2.70. The van der Waals surface area contributed by atoms with Crippen LogP contribution in [0.4, 0.5) is 0 Å². The van der Waals surface area contributed by atoms with Crippen LogP contribution in [0.15, 0.2) is 18.2 Å². The number of aliphatic hydroxyl groups is 2. The summed E-state index contributed by atoms with van der Waals surface area (Å²) in [7, 11) is 1.63. The summed E-state index contributed by atoms with van der Waals surface area (Å²) in [5.41, 5.74) is -0.785. The summed E-state index contributed by atoms with van der Waals surface area (Å²) in [4.78, 5) is 15.1. The van der Waals surface area contributed by atoms with E-state index in [9.17, 15) is 15.0 Å². The Bertz CT molecular complexity index is 868. The van der Waals surface area contributed by atoms with E-state index >= 15 is 0 Å². The highest BCUT2D eigenvalue weighted by molar-refractivity contribution is 5.83. The van der Waals surface area contributed by atoms with Crippen molar-refractivity contribution < 1.29 is 24.5 Å². The van der Waals surface area contributed by atoms with E-state index in [0.29, 0.717) is 25.2 Å². The van der Waals surface area contributed by atoms with Gasteiger partial charge in [0, 0.05) is 18.4 Å². The summed E-state index contributed by atoms with van der Waals surface area (Å²) in [6.45, 7) is 1.80. The van der Waals surface area contributed by atoms with Gasteiger partial charge in [-0.25, -0.2) is 4.79 Å². The maximum absolute atomic E-state index is 12.7. The topological polar surface area (TPSA) is 79.2 Å². The monoisotopic (exact) mass is 385 g/mol. The van der Waals surface area contributed by atoms with Crippen molar-refractivity contribution in [3.8, 4) is 5.75 Å². The summed E-state index contributed by atoms with van der Waals surface area (Å²) in [5.74, 6) is 0.911. The van der Waals surface area contributed by atoms with Gasteiger partial charge in [0.25, 0.3) is 0 Å². The van der Waals surface area contributed by atoms with Gasteiger partial charge >= 0.3 is 5.97 Å². The highest BCUT2D eigenvalue weighted by Crippen LogP contribution is 2.67. The molecule has 0 amide bonds. The van der Waals surface area contributed by atoms with E-state index in [1.54, 1.807) is 7.11 Å². The number of carbonyl (C=O) groups excluding carboxylic acids is 1. The molecule has 3 aliphatic heterocycles. The smallest absolute Gasteiger partial charge is 0.338 e. The highest BCUT2D eigenvalue weighted by Gasteiger charge is 2.76. The van der Waals surface area contributed by atoms with Crippen LogP contribution < -0.4 is 4.74 Å². The Morgan fingerprint density at radius 1 is 1.29 bits per heavy atom. The highest BCUT2D eigenvalue weighted by atomic mass is 16.6. The van der Waals surface area contributed by atoms with Crippen molar-refractivity contribution in [3.63, 3.8) is 0 Å². The molecular formula is C22H27NO5. The van der Waals surface area contributed by atoms with Crippen molar-refractivity contribution in [2.24, 2.45) is 5.92 Å². The van der Waals surface area contributed by atoms with Crippen molar-refractivity contribution in [1.82, 2.24) is 4.90 Å². The van der Waals surface area contributed by atoms with E-state index in [0.717, 1.165) is 36.4 Å². The SMILES string of the molecule is COc1ccc2c(c1)C13CCN(CC4CC4)C(C2O)C12CCC(O)(C3)C(=O)O2. The van der Waals surface area contributed by atoms with Crippen LogP contribution in [0.3, 0.4) is 0 Å². The van der Waals surface area contributed by atoms with Crippen molar-refractivity contribution in [2.45, 2.75) is 67.3 Å². The molecule has 4 bridgehead atoms. The second-order valence-electron chi connectivity index (χ2n) is 9.60. The maximum atomic E-state index is 12.7. The standard InChI is InChI=1S/C22H27NO5/c1-27-14-4-5-15-16(10-14)20-8-9-23(11-13-2-3-13)18(17(15)24)22(20)7-6-21(26,12-20)19(25)28-22/h4-5,10,13,17-18,24,26H,2-3,6-9,11-12H2,1H3. The number of esters is 1. The summed E-state index contributed by atoms with van der Waals surface area (Å²) in [6, 6.07) is 5.58. The third-order valence-electron chi connectivity index (χ3n) is 8.25. The number of ether oxygens (including phenoxy) is 2. The number of hydrogen-bond acceptors (Lipinski definition) is 6. The van der Waals surface area contributed by atoms with Gasteiger partial charge in [-0.2, -0.15) is 0 Å². The molecule has 6 heteroatoms. The summed E-state index contributed by atoms with van der Waals surface area (Å²) < 4.78 is 11.6. The predicted octanol–water partition coefficient (Wildman–Crippen LogP) is 1.67. The fourth-order valence-electron chi connectivity index (χ4n) is 6.77. The van der Waals surface area contributed by atoms with Crippen LogP contribution >= 0.6 is 0 Å². The molecule has 2 saturated carbocycles. The average molecular weight is 385 g/mol. The van der Waals surface area contributed by atoms with E-state index in [1.807, 2.05) is 18.2 Å². The minimum atomic E-state index is -1.42. The first-order chi connectivity index (χ1) is 13.4. The predicted molar refractivity (Wildman–Crippen MR) is 100.0 cm³/mol. The van der Waals surface area contributed by atoms with Gasteiger partial charge in [0.15, 0.2) is 5.60 Å². The van der Waals surface area contributed by atoms with E-state index in [1.165, 1.54) is 12.8 Å². The quantitative estimate of drug-likeness (QED) is 0.771. The minimum Gasteiger partial charge on any atom is -0.497 e. The van der Waals surface area contributed by atoms with Gasteiger partial charge in [0.05, 0.1) is 19.3 Å². The zero-order chi connectivity index (χ0) is 19.3. The number of carbonyl (C=O) groups is 1. The summed E-state index contributed by atoms with van der Waals surface area (Å²) >= 11 is 0. The number of piperidine rings is 1. The molecule has 0 radical (unpaired) electrons. The van der Waals surface area contributed by atoms with Crippen molar-refractivity contribution in [2.75, 3.05) is 20.2 Å². The van der Waals surface area contributed by atoms with E-state index in [2.05, 4.69) is 4.90 Å². The zero-order valence-corrected chi connectivity index (χ0v) is 16.2. The van der Waals surface area contributed by atoms with Gasteiger partial charge in [0.1, 0.15) is 11.4 Å². The van der Waals surface area contributed by atoms with Crippen molar-refractivity contribution in [3.05, 3.63) is 29.3 Å². The molecule has 5 fully saturated rings. The lowest BCUT2D eigenvalue weighted by molar-refractivity contribution is -0.283. The fraction of sp³-hybridized carbons (Fsp3) is 0.682. The number of nitrogens with zero attached hydrogens (tertiary/aromatic N) is 1. The molecule has 1 aromatic carbocycles. The molecule has 2 N–H and O–H groups in total. The molecular weight excluding hydrogens is 358 g/mol. The van der Waals surface area contributed by atoms with Gasteiger partial charge in [0.2, 0.25) is 0 Å². The Balaban J connectivity index is 1.58. The van der Waals surface area contributed by atoms with Crippen molar-refractivity contribution >= 4 is 5.97 Å². The molecule has 7 rings (SSSR count). The van der Waals surface area contributed by atoms with Crippen LogP contribution in [0, 0.1) is 5.92 Å². The van der Waals surface area contributed by atoms with E-state index < -0.39 is 28.7 Å². The lowest BCUT2D eigenvalue weighted by atomic mass is 9.45. The van der Waals surface area contributed by atoms with E-state index in [-0.39, 0.29) is 6.04 Å². The average Bonchev–Trinajstić information content (AvgIpc) is 3.50. The first kappa shape index (κ1) is 17.2. The van der Waals surface area contributed by atoms with Crippen LogP contribution in [0.25, 0.3) is 0 Å². The van der Waals surface area contributed by atoms with Gasteiger partial charge < -0.3 is 19.7 Å². The molecule has 150 valence electrons. The molecule has 5 atom stereocenters. The molecule has 5 unspecified atom stereocenters. The maximum Gasteiger partial charge on any atom is 0.338 e. The molecule has 0 aromatic heterocycles. The van der Waals surface area contributed by atoms with Gasteiger partial charge in [-0.15, -0.1) is 0 Å². The molecule has 6 nitrogen and oxygen atoms in total. The Hall–Kier alpha value is -1.63.